The number of ether oxygens (including phenoxy) is 2. The van der Waals surface area contributed by atoms with Gasteiger partial charge in [0.05, 0.1) is 18.7 Å². The van der Waals surface area contributed by atoms with Crippen molar-refractivity contribution in [3.63, 3.8) is 0 Å². The van der Waals surface area contributed by atoms with Crippen LogP contribution in [0.25, 0.3) is 0 Å². The Labute approximate surface area is 210 Å². The molecule has 2 aliphatic rings. The SMILES string of the molecule is O=C1c2c(ccc(OCc3ccccc3)c2F)CN1C=CC1CCC(COc2cccc(O)c2)CC1. The fraction of sp³-hybridized carbons (Fsp3) is 0.300. The topological polar surface area (TPSA) is 59.0 Å². The summed E-state index contributed by atoms with van der Waals surface area (Å²) >= 11 is 0. The van der Waals surface area contributed by atoms with E-state index in [4.69, 9.17) is 9.47 Å². The van der Waals surface area contributed by atoms with Crippen LogP contribution in [-0.2, 0) is 13.2 Å². The molecule has 1 heterocycles. The number of amides is 1. The largest absolute Gasteiger partial charge is 0.508 e. The Balaban J connectivity index is 1.13. The first-order chi connectivity index (χ1) is 17.6. The summed E-state index contributed by atoms with van der Waals surface area (Å²) in [5, 5.41) is 9.56. The number of halogens is 1. The molecule has 6 heteroatoms. The summed E-state index contributed by atoms with van der Waals surface area (Å²) in [6.07, 6.45) is 8.02. The Morgan fingerprint density at radius 1 is 0.972 bits per heavy atom. The van der Waals surface area contributed by atoms with Crippen molar-refractivity contribution in [2.24, 2.45) is 11.8 Å². The van der Waals surface area contributed by atoms with Gasteiger partial charge in [-0.25, -0.2) is 4.39 Å². The highest BCUT2D eigenvalue weighted by Gasteiger charge is 2.31. The van der Waals surface area contributed by atoms with E-state index in [9.17, 15) is 9.90 Å². The first kappa shape index (κ1) is 23.9. The van der Waals surface area contributed by atoms with Gasteiger partial charge in [0.2, 0.25) is 0 Å². The molecule has 3 aromatic rings. The molecule has 186 valence electrons. The molecule has 1 aliphatic heterocycles. The van der Waals surface area contributed by atoms with Gasteiger partial charge in [-0.1, -0.05) is 48.5 Å². The van der Waals surface area contributed by atoms with Gasteiger partial charge in [0.15, 0.2) is 11.6 Å². The van der Waals surface area contributed by atoms with Crippen molar-refractivity contribution >= 4 is 5.91 Å². The molecule has 36 heavy (non-hydrogen) atoms. The van der Waals surface area contributed by atoms with Crippen LogP contribution in [0.15, 0.2) is 79.0 Å². The molecule has 1 amide bonds. The molecular formula is C30H30FNO4. The highest BCUT2D eigenvalue weighted by atomic mass is 19.1. The maximum absolute atomic E-state index is 15.1. The molecule has 1 saturated carbocycles. The molecule has 1 aliphatic carbocycles. The highest BCUT2D eigenvalue weighted by molar-refractivity contribution is 5.99. The zero-order valence-electron chi connectivity index (χ0n) is 20.1. The third-order valence-corrected chi connectivity index (χ3v) is 6.98. The minimum Gasteiger partial charge on any atom is -0.508 e. The van der Waals surface area contributed by atoms with E-state index in [1.165, 1.54) is 0 Å². The molecule has 0 aromatic heterocycles. The summed E-state index contributed by atoms with van der Waals surface area (Å²) in [7, 11) is 0. The van der Waals surface area contributed by atoms with Crippen molar-refractivity contribution in [3.8, 4) is 17.2 Å². The Hall–Kier alpha value is -3.80. The summed E-state index contributed by atoms with van der Waals surface area (Å²) in [5.41, 5.74) is 1.73. The number of fused-ring (bicyclic) bond motifs is 1. The Morgan fingerprint density at radius 3 is 2.56 bits per heavy atom. The van der Waals surface area contributed by atoms with Crippen molar-refractivity contribution < 1.29 is 23.8 Å². The zero-order chi connectivity index (χ0) is 24.9. The number of hydrogen-bond acceptors (Lipinski definition) is 4. The van der Waals surface area contributed by atoms with E-state index in [-0.39, 0.29) is 29.6 Å². The number of phenols is 1. The van der Waals surface area contributed by atoms with E-state index in [1.54, 1.807) is 35.2 Å². The Bertz CT molecular complexity index is 1230. The zero-order valence-corrected chi connectivity index (χ0v) is 20.1. The highest BCUT2D eigenvalue weighted by Crippen LogP contribution is 2.34. The van der Waals surface area contributed by atoms with Gasteiger partial charge in [-0.2, -0.15) is 0 Å². The number of hydrogen-bond donors (Lipinski definition) is 1. The summed E-state index contributed by atoms with van der Waals surface area (Å²) in [5.74, 6) is 0.934. The molecule has 0 spiro atoms. The normalized spacial score (nSPS) is 19.5. The Kier molecular flexibility index (Phi) is 7.21. The molecule has 0 bridgehead atoms. The van der Waals surface area contributed by atoms with Crippen molar-refractivity contribution in [1.29, 1.82) is 0 Å². The Morgan fingerprint density at radius 2 is 1.78 bits per heavy atom. The molecule has 0 unspecified atom stereocenters. The lowest BCUT2D eigenvalue weighted by Crippen LogP contribution is -2.21. The van der Waals surface area contributed by atoms with Crippen LogP contribution >= 0.6 is 0 Å². The third kappa shape index (κ3) is 5.54. The van der Waals surface area contributed by atoms with Crippen molar-refractivity contribution in [2.45, 2.75) is 38.8 Å². The minimum atomic E-state index is -0.587. The van der Waals surface area contributed by atoms with E-state index in [0.717, 1.165) is 31.2 Å². The number of nitrogens with zero attached hydrogens (tertiary/aromatic N) is 1. The molecule has 1 N–H and O–H groups in total. The van der Waals surface area contributed by atoms with Gasteiger partial charge in [-0.05, 0) is 66.8 Å². The summed E-state index contributed by atoms with van der Waals surface area (Å²) < 4.78 is 26.6. The molecular weight excluding hydrogens is 457 g/mol. The summed E-state index contributed by atoms with van der Waals surface area (Å²) in [6.45, 7) is 1.25. The monoisotopic (exact) mass is 487 g/mol. The molecule has 3 aromatic carbocycles. The van der Waals surface area contributed by atoms with Gasteiger partial charge in [0.25, 0.3) is 5.91 Å². The molecule has 0 saturated heterocycles. The predicted octanol–water partition coefficient (Wildman–Crippen LogP) is 6.47. The molecule has 0 atom stereocenters. The van der Waals surface area contributed by atoms with Crippen LogP contribution in [0.1, 0.15) is 47.2 Å². The van der Waals surface area contributed by atoms with Crippen LogP contribution in [0.5, 0.6) is 17.2 Å². The predicted molar refractivity (Wildman–Crippen MR) is 135 cm³/mol. The van der Waals surface area contributed by atoms with Crippen LogP contribution in [-0.4, -0.2) is 22.5 Å². The average Bonchev–Trinajstić information content (AvgIpc) is 3.23. The van der Waals surface area contributed by atoms with Crippen molar-refractivity contribution in [1.82, 2.24) is 4.90 Å². The van der Waals surface area contributed by atoms with Crippen molar-refractivity contribution in [3.05, 3.63) is 102 Å². The van der Waals surface area contributed by atoms with Gasteiger partial charge in [0.1, 0.15) is 18.1 Å². The third-order valence-electron chi connectivity index (χ3n) is 6.98. The summed E-state index contributed by atoms with van der Waals surface area (Å²) in [4.78, 5) is 14.5. The second kappa shape index (κ2) is 10.9. The second-order valence-corrected chi connectivity index (χ2v) is 9.55. The number of carbonyl (C=O) groups is 1. The fourth-order valence-electron chi connectivity index (χ4n) is 4.89. The quantitative estimate of drug-likeness (QED) is 0.396. The van der Waals surface area contributed by atoms with Crippen LogP contribution < -0.4 is 9.47 Å². The lowest BCUT2D eigenvalue weighted by Gasteiger charge is -2.27. The maximum Gasteiger partial charge on any atom is 0.261 e. The van der Waals surface area contributed by atoms with Crippen LogP contribution in [0.4, 0.5) is 4.39 Å². The first-order valence-electron chi connectivity index (χ1n) is 12.5. The number of benzene rings is 3. The summed E-state index contributed by atoms with van der Waals surface area (Å²) in [6, 6.07) is 19.8. The van der Waals surface area contributed by atoms with E-state index in [2.05, 4.69) is 6.08 Å². The maximum atomic E-state index is 15.1. The van der Waals surface area contributed by atoms with Gasteiger partial charge in [-0.15, -0.1) is 0 Å². The molecule has 5 nitrogen and oxygen atoms in total. The number of carbonyl (C=O) groups excluding carboxylic acids is 1. The number of allylic oxidation sites excluding steroid dienone is 1. The van der Waals surface area contributed by atoms with Gasteiger partial charge >= 0.3 is 0 Å². The fourth-order valence-corrected chi connectivity index (χ4v) is 4.89. The van der Waals surface area contributed by atoms with E-state index in [1.807, 2.05) is 42.6 Å². The first-order valence-corrected chi connectivity index (χ1v) is 12.5. The second-order valence-electron chi connectivity index (χ2n) is 9.55. The minimum absolute atomic E-state index is 0.100. The number of aromatic hydroxyl groups is 1. The van der Waals surface area contributed by atoms with Crippen LogP contribution in [0, 0.1) is 17.7 Å². The smallest absolute Gasteiger partial charge is 0.261 e. The molecule has 1 fully saturated rings. The van der Waals surface area contributed by atoms with Gasteiger partial charge in [-0.3, -0.25) is 4.79 Å². The van der Waals surface area contributed by atoms with Gasteiger partial charge < -0.3 is 19.5 Å². The van der Waals surface area contributed by atoms with Crippen LogP contribution in [0.3, 0.4) is 0 Å². The number of phenolic OH excluding ortho intramolecular Hbond substituents is 1. The lowest BCUT2D eigenvalue weighted by atomic mass is 9.82. The molecule has 5 rings (SSSR count). The van der Waals surface area contributed by atoms with E-state index < -0.39 is 5.82 Å². The number of rotatable bonds is 8. The van der Waals surface area contributed by atoms with Crippen molar-refractivity contribution in [2.75, 3.05) is 6.61 Å². The lowest BCUT2D eigenvalue weighted by molar-refractivity contribution is 0.0837. The van der Waals surface area contributed by atoms with E-state index >= 15 is 4.39 Å². The van der Waals surface area contributed by atoms with Crippen LogP contribution in [0.2, 0.25) is 0 Å². The standard InChI is InChI=1S/C30H30FNO4/c31-29-27(36-20-22-5-2-1-3-6-22)14-13-24-18-32(30(34)28(24)29)16-15-21-9-11-23(12-10-21)19-35-26-8-4-7-25(33)17-26/h1-8,13-17,21,23,33H,9-12,18-20H2. The van der Waals surface area contributed by atoms with E-state index in [0.29, 0.717) is 36.3 Å². The average molecular weight is 488 g/mol. The van der Waals surface area contributed by atoms with Gasteiger partial charge in [0, 0.05) is 12.3 Å². The molecule has 0 radical (unpaired) electrons.